The predicted molar refractivity (Wildman–Crippen MR) is 70.7 cm³/mol. The van der Waals surface area contributed by atoms with Crippen molar-refractivity contribution < 1.29 is 4.74 Å². The average molecular weight is 251 g/mol. The zero-order valence-electron chi connectivity index (χ0n) is 11.1. The van der Waals surface area contributed by atoms with Gasteiger partial charge in [-0.2, -0.15) is 15.0 Å². The van der Waals surface area contributed by atoms with E-state index in [9.17, 15) is 0 Å². The molecule has 0 radical (unpaired) electrons. The summed E-state index contributed by atoms with van der Waals surface area (Å²) in [5, 5.41) is 0. The maximum absolute atomic E-state index is 5.71. The van der Waals surface area contributed by atoms with Crippen LogP contribution in [0.25, 0.3) is 0 Å². The van der Waals surface area contributed by atoms with Crippen molar-refractivity contribution in [1.29, 1.82) is 0 Å². The molecule has 2 heterocycles. The molecule has 2 rings (SSSR count). The number of ether oxygens (including phenoxy) is 1. The Bertz CT molecular complexity index is 398. The summed E-state index contributed by atoms with van der Waals surface area (Å²) in [4.78, 5) is 14.8. The summed E-state index contributed by atoms with van der Waals surface area (Å²) < 4.78 is 5.32. The minimum absolute atomic E-state index is 0.226. The molecule has 6 nitrogen and oxygen atoms in total. The van der Waals surface area contributed by atoms with Gasteiger partial charge in [0, 0.05) is 12.6 Å². The van der Waals surface area contributed by atoms with Crippen LogP contribution in [0.1, 0.15) is 39.5 Å². The fraction of sp³-hybridized carbons (Fsp3) is 0.750. The van der Waals surface area contributed by atoms with Crippen LogP contribution in [0, 0.1) is 0 Å². The van der Waals surface area contributed by atoms with E-state index >= 15 is 0 Å². The molecule has 0 saturated carbocycles. The zero-order valence-corrected chi connectivity index (χ0v) is 11.1. The molecule has 6 heteroatoms. The SMILES string of the molecule is CCOc1nc(N)nc(N2CCCCC2CC)n1. The molecule has 1 saturated heterocycles. The number of nitrogens with two attached hydrogens (primary N) is 1. The van der Waals surface area contributed by atoms with Gasteiger partial charge >= 0.3 is 6.01 Å². The van der Waals surface area contributed by atoms with Crippen molar-refractivity contribution >= 4 is 11.9 Å². The standard InChI is InChI=1S/C12H21N5O/c1-3-9-7-5-6-8-17(9)11-14-10(13)15-12(16-11)18-4-2/h9H,3-8H2,1-2H3,(H2,13,14,15,16). The second-order valence-corrected chi connectivity index (χ2v) is 4.46. The summed E-state index contributed by atoms with van der Waals surface area (Å²) in [5.41, 5.74) is 5.71. The lowest BCUT2D eigenvalue weighted by Crippen LogP contribution is -2.40. The molecule has 0 aliphatic carbocycles. The van der Waals surface area contributed by atoms with Crippen molar-refractivity contribution in [2.24, 2.45) is 0 Å². The number of nitrogen functional groups attached to an aromatic ring is 1. The Kier molecular flexibility index (Phi) is 4.17. The van der Waals surface area contributed by atoms with Crippen LogP contribution in [-0.4, -0.2) is 34.1 Å². The zero-order chi connectivity index (χ0) is 13.0. The molecule has 0 amide bonds. The van der Waals surface area contributed by atoms with Crippen LogP contribution in [-0.2, 0) is 0 Å². The van der Waals surface area contributed by atoms with Gasteiger partial charge in [-0.05, 0) is 32.6 Å². The van der Waals surface area contributed by atoms with Gasteiger partial charge in [-0.3, -0.25) is 0 Å². The van der Waals surface area contributed by atoms with E-state index in [-0.39, 0.29) is 5.95 Å². The highest BCUT2D eigenvalue weighted by Gasteiger charge is 2.24. The van der Waals surface area contributed by atoms with Gasteiger partial charge in [-0.15, -0.1) is 0 Å². The van der Waals surface area contributed by atoms with Crippen LogP contribution in [0.4, 0.5) is 11.9 Å². The highest BCUT2D eigenvalue weighted by Crippen LogP contribution is 2.24. The largest absolute Gasteiger partial charge is 0.464 e. The average Bonchev–Trinajstić information content (AvgIpc) is 2.38. The molecule has 1 unspecified atom stereocenters. The first kappa shape index (κ1) is 12.9. The van der Waals surface area contributed by atoms with Crippen LogP contribution in [0.5, 0.6) is 6.01 Å². The second kappa shape index (κ2) is 5.84. The summed E-state index contributed by atoms with van der Waals surface area (Å²) in [6, 6.07) is 0.815. The van der Waals surface area contributed by atoms with Crippen molar-refractivity contribution in [2.75, 3.05) is 23.8 Å². The van der Waals surface area contributed by atoms with Gasteiger partial charge < -0.3 is 15.4 Å². The molecule has 1 aromatic heterocycles. The van der Waals surface area contributed by atoms with E-state index in [0.29, 0.717) is 24.6 Å². The van der Waals surface area contributed by atoms with Gasteiger partial charge in [0.1, 0.15) is 0 Å². The number of anilines is 2. The van der Waals surface area contributed by atoms with E-state index < -0.39 is 0 Å². The normalized spacial score (nSPS) is 19.9. The Morgan fingerprint density at radius 1 is 1.28 bits per heavy atom. The first-order valence-electron chi connectivity index (χ1n) is 6.65. The third kappa shape index (κ3) is 2.80. The molecule has 1 aromatic rings. The number of aromatic nitrogens is 3. The molecule has 2 N–H and O–H groups in total. The molecule has 0 bridgehead atoms. The third-order valence-corrected chi connectivity index (χ3v) is 3.25. The number of rotatable bonds is 4. The van der Waals surface area contributed by atoms with Gasteiger partial charge in [0.25, 0.3) is 0 Å². The van der Waals surface area contributed by atoms with E-state index in [0.717, 1.165) is 13.0 Å². The summed E-state index contributed by atoms with van der Waals surface area (Å²) in [7, 11) is 0. The lowest BCUT2D eigenvalue weighted by molar-refractivity contribution is 0.311. The number of piperidine rings is 1. The second-order valence-electron chi connectivity index (χ2n) is 4.46. The van der Waals surface area contributed by atoms with E-state index in [1.54, 1.807) is 0 Å². The molecule has 0 aromatic carbocycles. The first-order chi connectivity index (χ1) is 8.74. The summed E-state index contributed by atoms with van der Waals surface area (Å²) in [5.74, 6) is 0.876. The fourth-order valence-electron chi connectivity index (χ4n) is 2.37. The molecule has 0 spiro atoms. The molecule has 1 aliphatic heterocycles. The first-order valence-corrected chi connectivity index (χ1v) is 6.65. The summed E-state index contributed by atoms with van der Waals surface area (Å²) >= 11 is 0. The van der Waals surface area contributed by atoms with Crippen LogP contribution in [0.15, 0.2) is 0 Å². The quantitative estimate of drug-likeness (QED) is 0.876. The van der Waals surface area contributed by atoms with Crippen LogP contribution < -0.4 is 15.4 Å². The lowest BCUT2D eigenvalue weighted by Gasteiger charge is -2.35. The lowest BCUT2D eigenvalue weighted by atomic mass is 10.0. The summed E-state index contributed by atoms with van der Waals surface area (Å²) in [6.07, 6.45) is 4.72. The monoisotopic (exact) mass is 251 g/mol. The Hall–Kier alpha value is -1.59. The van der Waals surface area contributed by atoms with E-state index in [1.165, 1.54) is 19.3 Å². The highest BCUT2D eigenvalue weighted by molar-refractivity contribution is 5.37. The third-order valence-electron chi connectivity index (χ3n) is 3.25. The van der Waals surface area contributed by atoms with E-state index in [2.05, 4.69) is 26.8 Å². The Balaban J connectivity index is 2.24. The van der Waals surface area contributed by atoms with Crippen LogP contribution >= 0.6 is 0 Å². The Morgan fingerprint density at radius 3 is 2.83 bits per heavy atom. The van der Waals surface area contributed by atoms with Crippen molar-refractivity contribution in [1.82, 2.24) is 15.0 Å². The highest BCUT2D eigenvalue weighted by atomic mass is 16.5. The number of hydrogen-bond acceptors (Lipinski definition) is 6. The minimum atomic E-state index is 0.226. The van der Waals surface area contributed by atoms with Crippen molar-refractivity contribution in [3.8, 4) is 6.01 Å². The van der Waals surface area contributed by atoms with Gasteiger partial charge in [0.05, 0.1) is 6.61 Å². The number of nitrogens with zero attached hydrogens (tertiary/aromatic N) is 4. The van der Waals surface area contributed by atoms with Gasteiger partial charge in [-0.1, -0.05) is 6.92 Å². The molecule has 1 atom stereocenters. The smallest absolute Gasteiger partial charge is 0.323 e. The van der Waals surface area contributed by atoms with Crippen LogP contribution in [0.3, 0.4) is 0 Å². The van der Waals surface area contributed by atoms with Crippen molar-refractivity contribution in [2.45, 2.75) is 45.6 Å². The van der Waals surface area contributed by atoms with E-state index in [4.69, 9.17) is 10.5 Å². The Morgan fingerprint density at radius 2 is 2.11 bits per heavy atom. The Labute approximate surface area is 108 Å². The molecular weight excluding hydrogens is 230 g/mol. The topological polar surface area (TPSA) is 77.2 Å². The molecule has 1 fully saturated rings. The maximum Gasteiger partial charge on any atom is 0.323 e. The minimum Gasteiger partial charge on any atom is -0.464 e. The van der Waals surface area contributed by atoms with E-state index in [1.807, 2.05) is 6.92 Å². The van der Waals surface area contributed by atoms with Gasteiger partial charge in [0.2, 0.25) is 11.9 Å². The predicted octanol–water partition coefficient (Wildman–Crippen LogP) is 1.62. The maximum atomic E-state index is 5.71. The van der Waals surface area contributed by atoms with Gasteiger partial charge in [0.15, 0.2) is 0 Å². The number of hydrogen-bond donors (Lipinski definition) is 1. The molecule has 100 valence electrons. The van der Waals surface area contributed by atoms with Crippen molar-refractivity contribution in [3.05, 3.63) is 0 Å². The molecular formula is C12H21N5O. The molecule has 1 aliphatic rings. The van der Waals surface area contributed by atoms with Crippen molar-refractivity contribution in [3.63, 3.8) is 0 Å². The summed E-state index contributed by atoms with van der Waals surface area (Å²) in [6.45, 7) is 5.60. The van der Waals surface area contributed by atoms with Gasteiger partial charge in [-0.25, -0.2) is 0 Å². The van der Waals surface area contributed by atoms with Crippen LogP contribution in [0.2, 0.25) is 0 Å². The fourth-order valence-corrected chi connectivity index (χ4v) is 2.37. The molecule has 18 heavy (non-hydrogen) atoms.